The van der Waals surface area contributed by atoms with Crippen molar-refractivity contribution in [1.29, 1.82) is 0 Å². The van der Waals surface area contributed by atoms with E-state index in [9.17, 15) is 0 Å². The van der Waals surface area contributed by atoms with Gasteiger partial charge in [-0.1, -0.05) is 13.8 Å². The summed E-state index contributed by atoms with van der Waals surface area (Å²) in [6.45, 7) is 8.05. The number of nitrogens with two attached hydrogens (primary N) is 1. The lowest BCUT2D eigenvalue weighted by Crippen LogP contribution is -2.45. The number of hydrogen-bond donors (Lipinski definition) is 2. The molecule has 3 rings (SSSR count). The first-order valence-electron chi connectivity index (χ1n) is 8.85. The Morgan fingerprint density at radius 3 is 2.52 bits per heavy atom. The van der Waals surface area contributed by atoms with Crippen LogP contribution in [0.3, 0.4) is 0 Å². The Balaban J connectivity index is 1.67. The van der Waals surface area contributed by atoms with Gasteiger partial charge >= 0.3 is 0 Å². The molecule has 2 fully saturated rings. The number of aromatic nitrogens is 2. The lowest BCUT2D eigenvalue weighted by atomic mass is 9.99. The van der Waals surface area contributed by atoms with E-state index in [-0.39, 0.29) is 0 Å². The van der Waals surface area contributed by atoms with Crippen LogP contribution in [0.5, 0.6) is 0 Å². The van der Waals surface area contributed by atoms with Crippen LogP contribution in [0.4, 0.5) is 11.6 Å². The third-order valence-electron chi connectivity index (χ3n) is 4.72. The molecule has 2 saturated heterocycles. The van der Waals surface area contributed by atoms with Crippen molar-refractivity contribution in [3.05, 3.63) is 11.9 Å². The summed E-state index contributed by atoms with van der Waals surface area (Å²) >= 11 is 0. The molecular formula is C17H29N5O. The van der Waals surface area contributed by atoms with Crippen molar-refractivity contribution in [3.63, 3.8) is 0 Å². The normalized spacial score (nSPS) is 21.1. The zero-order chi connectivity index (χ0) is 16.2. The maximum absolute atomic E-state index is 6.04. The SMILES string of the molecule is CC(C)NC1CCN(c2cc(N)nc(C3CCOCC3)n2)CC1. The van der Waals surface area contributed by atoms with Gasteiger partial charge in [-0.25, -0.2) is 9.97 Å². The number of anilines is 2. The van der Waals surface area contributed by atoms with Crippen LogP contribution < -0.4 is 16.0 Å². The molecule has 2 aliphatic rings. The summed E-state index contributed by atoms with van der Waals surface area (Å²) in [5.74, 6) is 2.85. The van der Waals surface area contributed by atoms with Gasteiger partial charge in [0.1, 0.15) is 17.5 Å². The maximum atomic E-state index is 6.04. The quantitative estimate of drug-likeness (QED) is 0.883. The monoisotopic (exact) mass is 319 g/mol. The topological polar surface area (TPSA) is 76.3 Å². The van der Waals surface area contributed by atoms with E-state index in [2.05, 4.69) is 29.0 Å². The molecule has 0 aromatic carbocycles. The van der Waals surface area contributed by atoms with Gasteiger partial charge in [0.05, 0.1) is 0 Å². The molecule has 0 saturated carbocycles. The minimum atomic E-state index is 0.381. The molecule has 23 heavy (non-hydrogen) atoms. The van der Waals surface area contributed by atoms with Crippen LogP contribution >= 0.6 is 0 Å². The van der Waals surface area contributed by atoms with Gasteiger partial charge < -0.3 is 20.7 Å². The number of hydrogen-bond acceptors (Lipinski definition) is 6. The average molecular weight is 319 g/mol. The van der Waals surface area contributed by atoms with Crippen molar-refractivity contribution in [3.8, 4) is 0 Å². The smallest absolute Gasteiger partial charge is 0.136 e. The third-order valence-corrected chi connectivity index (χ3v) is 4.72. The van der Waals surface area contributed by atoms with Gasteiger partial charge in [0, 0.05) is 50.4 Å². The van der Waals surface area contributed by atoms with E-state index in [4.69, 9.17) is 15.5 Å². The molecular weight excluding hydrogens is 290 g/mol. The van der Waals surface area contributed by atoms with Crippen molar-refractivity contribution in [1.82, 2.24) is 15.3 Å². The lowest BCUT2D eigenvalue weighted by molar-refractivity contribution is 0.0836. The van der Waals surface area contributed by atoms with E-state index in [0.717, 1.165) is 63.6 Å². The van der Waals surface area contributed by atoms with Gasteiger partial charge in [-0.3, -0.25) is 0 Å². The fourth-order valence-corrected chi connectivity index (χ4v) is 3.52. The Kier molecular flexibility index (Phi) is 5.33. The Hall–Kier alpha value is -1.40. The number of nitrogens with zero attached hydrogens (tertiary/aromatic N) is 3. The largest absolute Gasteiger partial charge is 0.384 e. The Labute approximate surface area is 138 Å². The van der Waals surface area contributed by atoms with Gasteiger partial charge in [-0.05, 0) is 25.7 Å². The van der Waals surface area contributed by atoms with E-state index in [1.54, 1.807) is 0 Å². The molecule has 0 aliphatic carbocycles. The highest BCUT2D eigenvalue weighted by Gasteiger charge is 2.23. The average Bonchev–Trinajstić information content (AvgIpc) is 2.55. The molecule has 3 N–H and O–H groups in total. The van der Waals surface area contributed by atoms with E-state index >= 15 is 0 Å². The molecule has 0 unspecified atom stereocenters. The maximum Gasteiger partial charge on any atom is 0.136 e. The molecule has 2 aliphatic heterocycles. The highest BCUT2D eigenvalue weighted by atomic mass is 16.5. The highest BCUT2D eigenvalue weighted by molar-refractivity contribution is 5.47. The zero-order valence-corrected chi connectivity index (χ0v) is 14.3. The summed E-state index contributed by atoms with van der Waals surface area (Å²) in [4.78, 5) is 11.7. The van der Waals surface area contributed by atoms with E-state index in [1.165, 1.54) is 0 Å². The first-order valence-corrected chi connectivity index (χ1v) is 8.85. The lowest BCUT2D eigenvalue weighted by Gasteiger charge is -2.34. The Bertz CT molecular complexity index is 508. The van der Waals surface area contributed by atoms with Gasteiger partial charge in [0.15, 0.2) is 0 Å². The number of nitrogen functional groups attached to an aromatic ring is 1. The summed E-state index contributed by atoms with van der Waals surface area (Å²) in [6, 6.07) is 3.07. The van der Waals surface area contributed by atoms with Crippen LogP contribution in [0.15, 0.2) is 6.07 Å². The molecule has 0 spiro atoms. The second-order valence-corrected chi connectivity index (χ2v) is 6.98. The molecule has 6 nitrogen and oxygen atoms in total. The second-order valence-electron chi connectivity index (χ2n) is 6.98. The molecule has 0 amide bonds. The van der Waals surface area contributed by atoms with Crippen LogP contribution in [-0.4, -0.2) is 48.4 Å². The fraction of sp³-hybridized carbons (Fsp3) is 0.765. The van der Waals surface area contributed by atoms with Gasteiger partial charge in [0.25, 0.3) is 0 Å². The standard InChI is InChI=1S/C17H29N5O/c1-12(2)19-14-3-7-22(8-4-14)16-11-15(18)20-17(21-16)13-5-9-23-10-6-13/h11-14,19H,3-10H2,1-2H3,(H2,18,20,21). The van der Waals surface area contributed by atoms with E-state index in [0.29, 0.717) is 23.8 Å². The molecule has 0 bridgehead atoms. The summed E-state index contributed by atoms with van der Waals surface area (Å²) in [5, 5.41) is 3.63. The zero-order valence-electron chi connectivity index (χ0n) is 14.3. The van der Waals surface area contributed by atoms with Crippen molar-refractivity contribution < 1.29 is 4.74 Å². The minimum Gasteiger partial charge on any atom is -0.384 e. The molecule has 6 heteroatoms. The summed E-state index contributed by atoms with van der Waals surface area (Å²) in [6.07, 6.45) is 4.27. The second kappa shape index (κ2) is 7.45. The number of rotatable bonds is 4. The van der Waals surface area contributed by atoms with Crippen LogP contribution in [0, 0.1) is 0 Å². The first-order chi connectivity index (χ1) is 11.1. The Morgan fingerprint density at radius 1 is 1.17 bits per heavy atom. The molecule has 0 radical (unpaired) electrons. The number of nitrogens with one attached hydrogen (secondary N) is 1. The Morgan fingerprint density at radius 2 is 1.87 bits per heavy atom. The van der Waals surface area contributed by atoms with Gasteiger partial charge in [0.2, 0.25) is 0 Å². The molecule has 1 aromatic heterocycles. The molecule has 1 aromatic rings. The number of piperidine rings is 1. The minimum absolute atomic E-state index is 0.381. The molecule has 128 valence electrons. The summed E-state index contributed by atoms with van der Waals surface area (Å²) in [7, 11) is 0. The summed E-state index contributed by atoms with van der Waals surface area (Å²) in [5.41, 5.74) is 6.04. The van der Waals surface area contributed by atoms with E-state index in [1.807, 2.05) is 6.07 Å². The summed E-state index contributed by atoms with van der Waals surface area (Å²) < 4.78 is 5.44. The van der Waals surface area contributed by atoms with Crippen molar-refractivity contribution in [2.75, 3.05) is 36.9 Å². The number of ether oxygens (including phenoxy) is 1. The van der Waals surface area contributed by atoms with Gasteiger partial charge in [-0.15, -0.1) is 0 Å². The predicted molar refractivity (Wildman–Crippen MR) is 92.7 cm³/mol. The third kappa shape index (κ3) is 4.32. The van der Waals surface area contributed by atoms with Gasteiger partial charge in [-0.2, -0.15) is 0 Å². The molecule has 0 atom stereocenters. The van der Waals surface area contributed by atoms with Crippen LogP contribution in [-0.2, 0) is 4.74 Å². The highest BCUT2D eigenvalue weighted by Crippen LogP contribution is 2.27. The van der Waals surface area contributed by atoms with Crippen LogP contribution in [0.25, 0.3) is 0 Å². The van der Waals surface area contributed by atoms with Crippen molar-refractivity contribution in [2.24, 2.45) is 0 Å². The fourth-order valence-electron chi connectivity index (χ4n) is 3.52. The first kappa shape index (κ1) is 16.5. The van der Waals surface area contributed by atoms with Crippen LogP contribution in [0.2, 0.25) is 0 Å². The van der Waals surface area contributed by atoms with Crippen molar-refractivity contribution >= 4 is 11.6 Å². The predicted octanol–water partition coefficient (Wildman–Crippen LogP) is 1.92. The van der Waals surface area contributed by atoms with Crippen LogP contribution in [0.1, 0.15) is 51.3 Å². The molecule has 3 heterocycles. The van der Waals surface area contributed by atoms with Crippen molar-refractivity contribution in [2.45, 2.75) is 57.5 Å². The van der Waals surface area contributed by atoms with E-state index < -0.39 is 0 Å².